The number of benzene rings is 7. The first-order valence-corrected chi connectivity index (χ1v) is 34.8. The fraction of sp³-hybridized carbons (Fsp3) is 0.352. The fourth-order valence-electron chi connectivity index (χ4n) is 10.4. The van der Waals surface area contributed by atoms with Crippen molar-refractivity contribution in [1.29, 1.82) is 5.26 Å². The van der Waals surface area contributed by atoms with Gasteiger partial charge in [0.2, 0.25) is 20.0 Å². The zero-order valence-corrected chi connectivity index (χ0v) is 56.5. The highest BCUT2D eigenvalue weighted by molar-refractivity contribution is 7.92. The number of hydrogen-bond donors (Lipinski definition) is 4. The highest BCUT2D eigenvalue weighted by Crippen LogP contribution is 2.43. The highest BCUT2D eigenvalue weighted by atomic mass is 32.2. The summed E-state index contributed by atoms with van der Waals surface area (Å²) in [6, 6.07) is 35.5. The van der Waals surface area contributed by atoms with E-state index in [9.17, 15) is 51.2 Å². The summed E-state index contributed by atoms with van der Waals surface area (Å²) in [4.78, 5) is 67.6. The molecule has 4 N–H and O–H groups in total. The number of ketones is 1. The molecule has 0 radical (unpaired) electrons. The van der Waals surface area contributed by atoms with Gasteiger partial charge in [0.25, 0.3) is 5.91 Å². The third-order valence-corrected chi connectivity index (χ3v) is 18.1. The fourth-order valence-corrected chi connectivity index (χ4v) is 11.5. The summed E-state index contributed by atoms with van der Waals surface area (Å²) in [5.41, 5.74) is 2.31. The van der Waals surface area contributed by atoms with Crippen LogP contribution < -0.4 is 33.9 Å². The Labute approximate surface area is 554 Å². The van der Waals surface area contributed by atoms with Crippen LogP contribution in [0.25, 0.3) is 10.8 Å². The summed E-state index contributed by atoms with van der Waals surface area (Å²) in [7, 11) is -6.33. The van der Waals surface area contributed by atoms with Crippen molar-refractivity contribution in [3.8, 4) is 34.8 Å². The van der Waals surface area contributed by atoms with Crippen LogP contribution in [0.5, 0.6) is 28.7 Å². The first-order valence-electron chi connectivity index (χ1n) is 31.0. The van der Waals surface area contributed by atoms with E-state index in [0.29, 0.717) is 72.0 Å². The summed E-state index contributed by atoms with van der Waals surface area (Å²) in [6.07, 6.45) is 6.13. The van der Waals surface area contributed by atoms with Crippen molar-refractivity contribution in [2.45, 2.75) is 124 Å². The molecule has 1 atom stereocenters. The van der Waals surface area contributed by atoms with Gasteiger partial charge in [-0.15, -0.1) is 5.11 Å². The van der Waals surface area contributed by atoms with Crippen LogP contribution in [0.4, 0.5) is 33.2 Å². The van der Waals surface area contributed by atoms with Gasteiger partial charge in [-0.3, -0.25) is 28.7 Å². The topological polar surface area (TPSA) is 308 Å². The Morgan fingerprint density at radius 2 is 1.35 bits per heavy atom. The number of rotatable bonds is 27. The number of phenols is 1. The van der Waals surface area contributed by atoms with Gasteiger partial charge in [-0.05, 0) is 152 Å². The van der Waals surface area contributed by atoms with Gasteiger partial charge >= 0.3 is 18.0 Å². The average molecular weight is 1330 g/mol. The van der Waals surface area contributed by atoms with Crippen molar-refractivity contribution in [1.82, 2.24) is 5.32 Å². The van der Waals surface area contributed by atoms with Crippen molar-refractivity contribution in [2.24, 2.45) is 15.6 Å². The van der Waals surface area contributed by atoms with Crippen molar-refractivity contribution >= 4 is 89.0 Å². The van der Waals surface area contributed by atoms with Gasteiger partial charge in [0.1, 0.15) is 53.4 Å². The Morgan fingerprint density at radius 3 is 1.99 bits per heavy atom. The zero-order valence-electron chi connectivity index (χ0n) is 54.9. The molecule has 1 aliphatic rings. The molecule has 24 heteroatoms. The SMILES string of the molecule is CCC(C)(C)c1ccc(OCCCCNC(=O)c2cc(Oc3ccc(COC(=O)c4ccc(C#N)c(N=Nc5ccc(N(C)C(=O)OCc6ccc(OC(=O)C7(C)CCCCC7=O)c(NS(C)(=O)=O)c6)cc5)c4)cc3NS(C)(=O)=O)c3ccccc3c2O)c(C(C)(C)CC)c1. The van der Waals surface area contributed by atoms with E-state index in [2.05, 4.69) is 84.7 Å². The third kappa shape index (κ3) is 18.1. The lowest BCUT2D eigenvalue weighted by molar-refractivity contribution is -0.153. The number of esters is 2. The molecule has 500 valence electrons. The second kappa shape index (κ2) is 30.0. The Bertz CT molecular complexity index is 4370. The summed E-state index contributed by atoms with van der Waals surface area (Å²) in [6.45, 7) is 14.9. The number of azo groups is 1. The number of amides is 2. The van der Waals surface area contributed by atoms with E-state index in [1.165, 1.54) is 79.0 Å². The number of anilines is 3. The predicted octanol–water partition coefficient (Wildman–Crippen LogP) is 14.5. The van der Waals surface area contributed by atoms with E-state index in [0.717, 1.165) is 36.7 Å². The number of aromatic hydroxyl groups is 1. The molecule has 95 heavy (non-hydrogen) atoms. The smallest absolute Gasteiger partial charge is 0.414 e. The van der Waals surface area contributed by atoms with Crippen LogP contribution in [0.2, 0.25) is 0 Å². The lowest BCUT2D eigenvalue weighted by Crippen LogP contribution is -2.41. The minimum absolute atomic E-state index is 0.0122. The number of ether oxygens (including phenoxy) is 5. The Kier molecular flexibility index (Phi) is 22.5. The van der Waals surface area contributed by atoms with Crippen LogP contribution in [0.15, 0.2) is 138 Å². The predicted molar refractivity (Wildman–Crippen MR) is 362 cm³/mol. The molecule has 7 aromatic carbocycles. The minimum Gasteiger partial charge on any atom is -0.506 e. The van der Waals surface area contributed by atoms with E-state index in [-0.39, 0.29) is 99.5 Å². The molecule has 0 aromatic heterocycles. The summed E-state index contributed by atoms with van der Waals surface area (Å²) in [5.74, 6) is -1.80. The molecule has 7 aromatic rings. The molecule has 1 fully saturated rings. The van der Waals surface area contributed by atoms with Crippen LogP contribution >= 0.6 is 0 Å². The molecule has 0 heterocycles. The lowest BCUT2D eigenvalue weighted by atomic mass is 9.74. The highest BCUT2D eigenvalue weighted by Gasteiger charge is 2.44. The molecule has 22 nitrogen and oxygen atoms in total. The van der Waals surface area contributed by atoms with Crippen molar-refractivity contribution in [2.75, 3.05) is 47.1 Å². The van der Waals surface area contributed by atoms with Crippen LogP contribution in [0.1, 0.15) is 148 Å². The van der Waals surface area contributed by atoms with Gasteiger partial charge in [-0.2, -0.15) is 10.4 Å². The number of nitrogens with zero attached hydrogens (tertiary/aromatic N) is 4. The number of nitriles is 1. The zero-order chi connectivity index (χ0) is 69.0. The largest absolute Gasteiger partial charge is 0.506 e. The van der Waals surface area contributed by atoms with E-state index >= 15 is 0 Å². The molecular formula is C71H79N7O15S2. The Hall–Kier alpha value is -9.86. The Morgan fingerprint density at radius 1 is 0.716 bits per heavy atom. The molecular weight excluding hydrogens is 1250 g/mol. The van der Waals surface area contributed by atoms with Crippen molar-refractivity contribution in [3.05, 3.63) is 166 Å². The molecule has 8 rings (SSSR count). The number of carbonyl (C=O) groups is 5. The number of fused-ring (bicyclic) bond motifs is 1. The van der Waals surface area contributed by atoms with E-state index in [1.807, 2.05) is 6.07 Å². The molecule has 0 saturated heterocycles. The first kappa shape index (κ1) is 71.0. The maximum absolute atomic E-state index is 13.8. The van der Waals surface area contributed by atoms with Gasteiger partial charge in [0, 0.05) is 42.0 Å². The maximum Gasteiger partial charge on any atom is 0.414 e. The molecule has 0 aliphatic heterocycles. The lowest BCUT2D eigenvalue weighted by Gasteiger charge is -2.30. The van der Waals surface area contributed by atoms with Crippen molar-refractivity contribution < 1.29 is 69.6 Å². The van der Waals surface area contributed by atoms with E-state index in [4.69, 9.17) is 23.7 Å². The maximum atomic E-state index is 13.8. The number of sulfonamides is 2. The third-order valence-electron chi connectivity index (χ3n) is 17.0. The summed E-state index contributed by atoms with van der Waals surface area (Å²) >= 11 is 0. The van der Waals surface area contributed by atoms with Crippen LogP contribution in [-0.4, -0.2) is 84.4 Å². The first-order chi connectivity index (χ1) is 44.9. The molecule has 1 saturated carbocycles. The number of Topliss-reactive ketones (excluding diaryl/α,β-unsaturated/α-hetero) is 1. The van der Waals surface area contributed by atoms with Crippen LogP contribution in [0.3, 0.4) is 0 Å². The number of nitrogens with one attached hydrogen (secondary N) is 3. The van der Waals surface area contributed by atoms with Gasteiger partial charge in [0.15, 0.2) is 11.5 Å². The minimum atomic E-state index is -3.92. The monoisotopic (exact) mass is 1330 g/mol. The summed E-state index contributed by atoms with van der Waals surface area (Å²) < 4.78 is 84.3. The molecule has 2 amide bonds. The van der Waals surface area contributed by atoms with Crippen LogP contribution in [0, 0.1) is 16.7 Å². The second-order valence-corrected chi connectivity index (χ2v) is 28.4. The number of hydrogen-bond acceptors (Lipinski definition) is 18. The van der Waals surface area contributed by atoms with Gasteiger partial charge in [-0.1, -0.05) is 96.5 Å². The normalized spacial score (nSPS) is 14.3. The molecule has 0 bridgehead atoms. The van der Waals surface area contributed by atoms with E-state index in [1.54, 1.807) is 54.6 Å². The van der Waals surface area contributed by atoms with Gasteiger partial charge in [0.05, 0.1) is 52.9 Å². The van der Waals surface area contributed by atoms with Crippen LogP contribution in [-0.2, 0) is 63.2 Å². The van der Waals surface area contributed by atoms with Gasteiger partial charge in [-0.25, -0.2) is 26.4 Å². The standard InChI is InChI=1S/C71H79N7O15S2/c1-11-69(3,4)49-26-33-59(55(40-49)70(5,6)12-2)89-36-18-17-35-73-65(81)54-41-62(52-19-13-14-20-53(52)64(54)80)92-60-31-22-45(37-57(60)76-94(9,85)86)43-90-66(82)47-24-25-48(42-72)56(39-47)75-74-50-27-29-51(30-28-50)78(8)68(84)91-44-46-23-32-61(58(38-46)77-95(10,87)88)93-67(83)71(7)34-16-15-21-63(71)79/h13-14,19-20,22-33,37-41,76-77,80H,11-12,15-18,21,34-36,43-44H2,1-10H3,(H,73,81). The number of phenolic OH excluding ortho intramolecular Hbond substituents is 1. The average Bonchev–Trinajstić information content (AvgIpc) is 0.806. The quantitative estimate of drug-likeness (QED) is 0.0122. The molecule has 0 spiro atoms. The molecule has 1 aliphatic carbocycles. The van der Waals surface area contributed by atoms with Crippen molar-refractivity contribution in [3.63, 3.8) is 0 Å². The van der Waals surface area contributed by atoms with E-state index < -0.39 is 49.4 Å². The number of unbranched alkanes of at least 4 members (excludes halogenated alkanes) is 1. The van der Waals surface area contributed by atoms with Gasteiger partial charge < -0.3 is 34.1 Å². The number of carbonyl (C=O) groups excluding carboxylic acids is 5. The Balaban J connectivity index is 0.880. The summed E-state index contributed by atoms with van der Waals surface area (Å²) in [5, 5.41) is 33.5. The molecule has 1 unspecified atom stereocenters. The second-order valence-electron chi connectivity index (χ2n) is 24.9.